The summed E-state index contributed by atoms with van der Waals surface area (Å²) in [5.74, 6) is 0.581. The number of rotatable bonds is 7. The highest BCUT2D eigenvalue weighted by Crippen LogP contribution is 2.17. The van der Waals surface area contributed by atoms with Gasteiger partial charge >= 0.3 is 0 Å². The van der Waals surface area contributed by atoms with Crippen LogP contribution in [-0.4, -0.2) is 26.8 Å². The Morgan fingerprint density at radius 2 is 2.38 bits per heavy atom. The summed E-state index contributed by atoms with van der Waals surface area (Å²) in [6.07, 6.45) is 2.29. The van der Waals surface area contributed by atoms with Crippen molar-refractivity contribution in [3.05, 3.63) is 28.0 Å². The first-order valence-electron chi connectivity index (χ1n) is 5.67. The van der Waals surface area contributed by atoms with Crippen LogP contribution in [-0.2, 0) is 4.74 Å². The van der Waals surface area contributed by atoms with Crippen molar-refractivity contribution in [3.8, 4) is 0 Å². The molecule has 0 bridgehead atoms. The summed E-state index contributed by atoms with van der Waals surface area (Å²) in [6, 6.07) is 4.25. The Kier molecular flexibility index (Phi) is 6.38. The first-order chi connectivity index (χ1) is 7.74. The molecule has 3 heteroatoms. The molecule has 0 atom stereocenters. The molecular weight excluding hydrogens is 218 g/mol. The molecule has 0 aromatic carbocycles. The van der Waals surface area contributed by atoms with Crippen molar-refractivity contribution in [2.75, 3.05) is 26.8 Å². The van der Waals surface area contributed by atoms with E-state index in [4.69, 9.17) is 4.74 Å². The van der Waals surface area contributed by atoms with Crippen LogP contribution >= 0.6 is 11.3 Å². The topological polar surface area (TPSA) is 21.3 Å². The Hall–Kier alpha value is -0.640. The van der Waals surface area contributed by atoms with Gasteiger partial charge in [-0.1, -0.05) is 25.5 Å². The number of methoxy groups -OCH3 is 1. The average molecular weight is 239 g/mol. The zero-order valence-electron chi connectivity index (χ0n) is 10.3. The van der Waals surface area contributed by atoms with Gasteiger partial charge in [-0.15, -0.1) is 11.3 Å². The predicted octanol–water partition coefficient (Wildman–Crippen LogP) is 3.02. The first kappa shape index (κ1) is 13.4. The molecule has 0 saturated carbocycles. The van der Waals surface area contributed by atoms with Gasteiger partial charge in [-0.05, 0) is 23.4 Å². The number of hydrogen-bond donors (Lipinski definition) is 1. The van der Waals surface area contributed by atoms with E-state index in [1.54, 1.807) is 18.4 Å². The standard InChI is InChI=1S/C13H21NOS/c1-11(2)12(10-14-6-7-15-3)9-13-5-4-8-16-13/h4-5,8-9,11,14H,6-7,10H2,1-3H3. The Labute approximate surface area is 102 Å². The highest BCUT2D eigenvalue weighted by molar-refractivity contribution is 7.10. The monoisotopic (exact) mass is 239 g/mol. The van der Waals surface area contributed by atoms with E-state index in [2.05, 4.69) is 42.8 Å². The lowest BCUT2D eigenvalue weighted by molar-refractivity contribution is 0.200. The fourth-order valence-electron chi connectivity index (χ4n) is 1.38. The average Bonchev–Trinajstić information content (AvgIpc) is 2.75. The maximum atomic E-state index is 5.01. The van der Waals surface area contributed by atoms with Gasteiger partial charge in [0, 0.05) is 25.1 Å². The van der Waals surface area contributed by atoms with Gasteiger partial charge in [-0.25, -0.2) is 0 Å². The first-order valence-corrected chi connectivity index (χ1v) is 6.55. The second kappa shape index (κ2) is 7.60. The number of nitrogens with one attached hydrogen (secondary N) is 1. The van der Waals surface area contributed by atoms with Crippen LogP contribution in [0.5, 0.6) is 0 Å². The van der Waals surface area contributed by atoms with Crippen molar-refractivity contribution in [1.82, 2.24) is 5.32 Å². The van der Waals surface area contributed by atoms with Gasteiger partial charge in [0.2, 0.25) is 0 Å². The molecule has 0 unspecified atom stereocenters. The van der Waals surface area contributed by atoms with Gasteiger partial charge in [0.25, 0.3) is 0 Å². The largest absolute Gasteiger partial charge is 0.383 e. The second-order valence-corrected chi connectivity index (χ2v) is 5.04. The molecule has 0 radical (unpaired) electrons. The van der Waals surface area contributed by atoms with E-state index in [-0.39, 0.29) is 0 Å². The van der Waals surface area contributed by atoms with E-state index in [9.17, 15) is 0 Å². The van der Waals surface area contributed by atoms with Gasteiger partial charge in [0.05, 0.1) is 6.61 Å². The SMILES string of the molecule is COCCNCC(=Cc1cccs1)C(C)C. The Balaban J connectivity index is 2.48. The maximum Gasteiger partial charge on any atom is 0.0587 e. The van der Waals surface area contributed by atoms with Crippen LogP contribution in [0.15, 0.2) is 23.1 Å². The van der Waals surface area contributed by atoms with Gasteiger partial charge in [-0.2, -0.15) is 0 Å². The maximum absolute atomic E-state index is 5.01. The van der Waals surface area contributed by atoms with Crippen LogP contribution in [0.3, 0.4) is 0 Å². The van der Waals surface area contributed by atoms with Crippen LogP contribution < -0.4 is 5.32 Å². The van der Waals surface area contributed by atoms with Gasteiger partial charge in [-0.3, -0.25) is 0 Å². The minimum absolute atomic E-state index is 0.581. The zero-order valence-corrected chi connectivity index (χ0v) is 11.1. The van der Waals surface area contributed by atoms with E-state index in [1.807, 2.05) is 0 Å². The van der Waals surface area contributed by atoms with Crippen LogP contribution in [0, 0.1) is 5.92 Å². The highest BCUT2D eigenvalue weighted by atomic mass is 32.1. The Bertz CT molecular complexity index is 304. The van der Waals surface area contributed by atoms with Crippen molar-refractivity contribution in [2.45, 2.75) is 13.8 Å². The third-order valence-corrected chi connectivity index (χ3v) is 3.24. The number of thiophene rings is 1. The van der Waals surface area contributed by atoms with Crippen LogP contribution in [0.1, 0.15) is 18.7 Å². The fourth-order valence-corrected chi connectivity index (χ4v) is 2.08. The molecule has 1 aromatic heterocycles. The highest BCUT2D eigenvalue weighted by Gasteiger charge is 2.03. The number of hydrogen-bond acceptors (Lipinski definition) is 3. The summed E-state index contributed by atoms with van der Waals surface area (Å²) in [5.41, 5.74) is 1.44. The van der Waals surface area contributed by atoms with E-state index >= 15 is 0 Å². The molecular formula is C13H21NOS. The summed E-state index contributed by atoms with van der Waals surface area (Å²) >= 11 is 1.78. The zero-order chi connectivity index (χ0) is 11.8. The molecule has 0 saturated heterocycles. The molecule has 1 N–H and O–H groups in total. The van der Waals surface area contributed by atoms with Gasteiger partial charge in [0.15, 0.2) is 0 Å². The van der Waals surface area contributed by atoms with E-state index in [1.165, 1.54) is 10.5 Å². The summed E-state index contributed by atoms with van der Waals surface area (Å²) in [4.78, 5) is 1.33. The normalized spacial score (nSPS) is 12.4. The van der Waals surface area contributed by atoms with Gasteiger partial charge < -0.3 is 10.1 Å². The minimum Gasteiger partial charge on any atom is -0.383 e. The van der Waals surface area contributed by atoms with E-state index in [0.29, 0.717) is 5.92 Å². The molecule has 90 valence electrons. The van der Waals surface area contributed by atoms with Crippen LogP contribution in [0.25, 0.3) is 6.08 Å². The number of ether oxygens (including phenoxy) is 1. The van der Waals surface area contributed by atoms with Crippen molar-refractivity contribution in [1.29, 1.82) is 0 Å². The fraction of sp³-hybridized carbons (Fsp3) is 0.538. The van der Waals surface area contributed by atoms with Crippen molar-refractivity contribution in [2.24, 2.45) is 5.92 Å². The smallest absolute Gasteiger partial charge is 0.0587 e. The summed E-state index contributed by atoms with van der Waals surface area (Å²) in [6.45, 7) is 7.09. The second-order valence-electron chi connectivity index (χ2n) is 4.06. The lowest BCUT2D eigenvalue weighted by Crippen LogP contribution is -2.23. The summed E-state index contributed by atoms with van der Waals surface area (Å²) in [5, 5.41) is 5.50. The molecule has 1 heterocycles. The summed E-state index contributed by atoms with van der Waals surface area (Å²) in [7, 11) is 1.73. The molecule has 1 aromatic rings. The van der Waals surface area contributed by atoms with Gasteiger partial charge in [0.1, 0.15) is 0 Å². The lowest BCUT2D eigenvalue weighted by Gasteiger charge is -2.12. The lowest BCUT2D eigenvalue weighted by atomic mass is 10.0. The van der Waals surface area contributed by atoms with Crippen molar-refractivity contribution >= 4 is 17.4 Å². The Morgan fingerprint density at radius 1 is 1.56 bits per heavy atom. The third kappa shape index (κ3) is 4.92. The molecule has 2 nitrogen and oxygen atoms in total. The molecule has 16 heavy (non-hydrogen) atoms. The molecule has 0 aliphatic rings. The molecule has 0 spiro atoms. The van der Waals surface area contributed by atoms with Crippen molar-refractivity contribution < 1.29 is 4.74 Å². The Morgan fingerprint density at radius 3 is 2.94 bits per heavy atom. The quantitative estimate of drug-likeness (QED) is 0.739. The van der Waals surface area contributed by atoms with Crippen LogP contribution in [0.2, 0.25) is 0 Å². The molecule has 0 aliphatic carbocycles. The van der Waals surface area contributed by atoms with Crippen molar-refractivity contribution in [3.63, 3.8) is 0 Å². The third-order valence-electron chi connectivity index (χ3n) is 2.42. The van der Waals surface area contributed by atoms with E-state index < -0.39 is 0 Å². The van der Waals surface area contributed by atoms with Crippen LogP contribution in [0.4, 0.5) is 0 Å². The minimum atomic E-state index is 0.581. The molecule has 0 amide bonds. The predicted molar refractivity (Wildman–Crippen MR) is 71.9 cm³/mol. The molecule has 1 rings (SSSR count). The van der Waals surface area contributed by atoms with E-state index in [0.717, 1.165) is 19.7 Å². The molecule has 0 aliphatic heterocycles. The molecule has 0 fully saturated rings. The summed E-state index contributed by atoms with van der Waals surface area (Å²) < 4.78 is 5.01.